The van der Waals surface area contributed by atoms with Crippen LogP contribution in [0.5, 0.6) is 0 Å². The molecule has 1 unspecified atom stereocenters. The van der Waals surface area contributed by atoms with Crippen LogP contribution >= 0.6 is 8.03 Å². The first-order valence-corrected chi connectivity index (χ1v) is 7.86. The van der Waals surface area contributed by atoms with Crippen molar-refractivity contribution in [2.24, 2.45) is 0 Å². The maximum atomic E-state index is 12.9. The first-order valence-electron chi connectivity index (χ1n) is 6.68. The van der Waals surface area contributed by atoms with Crippen LogP contribution in [0.25, 0.3) is 0 Å². The second-order valence-corrected chi connectivity index (χ2v) is 6.42. The predicted molar refractivity (Wildman–Crippen MR) is 84.8 cm³/mol. The molecule has 108 valence electrons. The lowest BCUT2D eigenvalue weighted by Crippen LogP contribution is -2.15. The van der Waals surface area contributed by atoms with Gasteiger partial charge in [-0.3, -0.25) is 4.79 Å². The van der Waals surface area contributed by atoms with E-state index in [1.807, 2.05) is 32.9 Å². The maximum absolute atomic E-state index is 12.9. The predicted octanol–water partition coefficient (Wildman–Crippen LogP) is 3.86. The zero-order chi connectivity index (χ0) is 15.6. The highest BCUT2D eigenvalue weighted by atomic mass is 31.1. The molecule has 4 heteroatoms. The molecule has 0 aliphatic rings. The Bertz CT molecular complexity index is 697. The molecule has 0 aliphatic carbocycles. The molecule has 0 bridgehead atoms. The SMILES string of the molecule is CO[P+](=O)c1ccccc1C(=O)c1c(C)cc(C)cc1C. The van der Waals surface area contributed by atoms with Gasteiger partial charge in [0.1, 0.15) is 0 Å². The summed E-state index contributed by atoms with van der Waals surface area (Å²) in [6, 6.07) is 10.9. The summed E-state index contributed by atoms with van der Waals surface area (Å²) in [4.78, 5) is 12.9. The number of rotatable bonds is 4. The van der Waals surface area contributed by atoms with Crippen molar-refractivity contribution < 1.29 is 13.9 Å². The van der Waals surface area contributed by atoms with Crippen molar-refractivity contribution in [3.8, 4) is 0 Å². The lowest BCUT2D eigenvalue weighted by atomic mass is 9.93. The van der Waals surface area contributed by atoms with Gasteiger partial charge in [0.2, 0.25) is 5.30 Å². The Morgan fingerprint density at radius 2 is 1.62 bits per heavy atom. The van der Waals surface area contributed by atoms with Gasteiger partial charge in [0.05, 0.1) is 12.7 Å². The second kappa shape index (κ2) is 6.30. The molecule has 3 nitrogen and oxygen atoms in total. The molecule has 21 heavy (non-hydrogen) atoms. The van der Waals surface area contributed by atoms with Gasteiger partial charge in [0.15, 0.2) is 5.78 Å². The van der Waals surface area contributed by atoms with Crippen molar-refractivity contribution in [2.75, 3.05) is 7.11 Å². The molecular weight excluding hydrogens is 283 g/mol. The molecule has 2 rings (SSSR count). The minimum Gasteiger partial charge on any atom is -0.288 e. The van der Waals surface area contributed by atoms with Crippen LogP contribution in [0.2, 0.25) is 0 Å². The molecule has 0 fully saturated rings. The quantitative estimate of drug-likeness (QED) is 0.636. The highest BCUT2D eigenvalue weighted by Gasteiger charge is 2.29. The van der Waals surface area contributed by atoms with Crippen molar-refractivity contribution in [1.82, 2.24) is 0 Å². The summed E-state index contributed by atoms with van der Waals surface area (Å²) in [7, 11) is -0.636. The molecule has 2 aromatic carbocycles. The zero-order valence-corrected chi connectivity index (χ0v) is 13.5. The van der Waals surface area contributed by atoms with Crippen LogP contribution in [-0.4, -0.2) is 12.9 Å². The lowest BCUT2D eigenvalue weighted by Gasteiger charge is -2.10. The van der Waals surface area contributed by atoms with Gasteiger partial charge in [0.25, 0.3) is 0 Å². The maximum Gasteiger partial charge on any atom is 0.549 e. The first-order chi connectivity index (χ1) is 9.95. The average Bonchev–Trinajstić information content (AvgIpc) is 2.45. The largest absolute Gasteiger partial charge is 0.549 e. The summed E-state index contributed by atoms with van der Waals surface area (Å²) in [5, 5.41) is 0.444. The molecule has 1 atom stereocenters. The fourth-order valence-electron chi connectivity index (χ4n) is 2.60. The smallest absolute Gasteiger partial charge is 0.288 e. The molecule has 2 aromatic rings. The number of hydrogen-bond donors (Lipinski definition) is 0. The van der Waals surface area contributed by atoms with Gasteiger partial charge in [-0.05, 0) is 48.6 Å². The van der Waals surface area contributed by atoms with Crippen molar-refractivity contribution in [3.05, 3.63) is 64.2 Å². The van der Waals surface area contributed by atoms with Gasteiger partial charge in [-0.15, -0.1) is 4.52 Å². The molecule has 0 N–H and O–H groups in total. The van der Waals surface area contributed by atoms with Gasteiger partial charge >= 0.3 is 8.03 Å². The summed E-state index contributed by atoms with van der Waals surface area (Å²) in [6.07, 6.45) is 0. The van der Waals surface area contributed by atoms with Crippen molar-refractivity contribution >= 4 is 19.1 Å². The Kier molecular flexibility index (Phi) is 4.66. The number of carbonyl (C=O) groups excluding carboxylic acids is 1. The molecule has 0 heterocycles. The third kappa shape index (κ3) is 3.10. The monoisotopic (exact) mass is 301 g/mol. The van der Waals surface area contributed by atoms with Crippen molar-refractivity contribution in [1.29, 1.82) is 0 Å². The van der Waals surface area contributed by atoms with E-state index >= 15 is 0 Å². The van der Waals surface area contributed by atoms with Crippen molar-refractivity contribution in [2.45, 2.75) is 20.8 Å². The van der Waals surface area contributed by atoms with E-state index in [9.17, 15) is 9.36 Å². The summed E-state index contributed by atoms with van der Waals surface area (Å²) in [5.41, 5.74) is 4.10. The Balaban J connectivity index is 2.59. The van der Waals surface area contributed by atoms with E-state index < -0.39 is 8.03 Å². The molecule has 0 aliphatic heterocycles. The van der Waals surface area contributed by atoms with Crippen LogP contribution < -0.4 is 5.30 Å². The molecule has 0 spiro atoms. The van der Waals surface area contributed by atoms with Crippen LogP contribution in [0.3, 0.4) is 0 Å². The molecular formula is C17H18O3P+. The van der Waals surface area contributed by atoms with Gasteiger partial charge in [-0.2, -0.15) is 0 Å². The van der Waals surface area contributed by atoms with Crippen LogP contribution in [0.15, 0.2) is 36.4 Å². The minimum atomic E-state index is -2.01. The van der Waals surface area contributed by atoms with E-state index in [0.717, 1.165) is 16.7 Å². The van der Waals surface area contributed by atoms with E-state index in [0.29, 0.717) is 16.4 Å². The lowest BCUT2D eigenvalue weighted by molar-refractivity contribution is 0.103. The summed E-state index contributed by atoms with van der Waals surface area (Å²) >= 11 is 0. The van der Waals surface area contributed by atoms with Crippen LogP contribution in [0.1, 0.15) is 32.6 Å². The van der Waals surface area contributed by atoms with Gasteiger partial charge in [-0.1, -0.05) is 29.8 Å². The van der Waals surface area contributed by atoms with E-state index in [2.05, 4.69) is 0 Å². The fraction of sp³-hybridized carbons (Fsp3) is 0.235. The number of hydrogen-bond acceptors (Lipinski definition) is 3. The number of aryl methyl sites for hydroxylation is 3. The Morgan fingerprint density at radius 3 is 2.19 bits per heavy atom. The first kappa shape index (κ1) is 15.6. The summed E-state index contributed by atoms with van der Waals surface area (Å²) in [5.74, 6) is -0.110. The molecule has 0 saturated heterocycles. The van der Waals surface area contributed by atoms with E-state index in [-0.39, 0.29) is 5.78 Å². The van der Waals surface area contributed by atoms with E-state index in [1.54, 1.807) is 24.3 Å². The van der Waals surface area contributed by atoms with Crippen molar-refractivity contribution in [3.63, 3.8) is 0 Å². The van der Waals surface area contributed by atoms with Gasteiger partial charge in [0, 0.05) is 5.56 Å². The molecule has 0 saturated carbocycles. The standard InChI is InChI=1S/C17H18O3P/c1-11-9-12(2)16(13(3)10-11)17(18)14-7-5-6-8-15(14)21(19)20-4/h5-10H,1-4H3/q+1. The molecule has 0 aromatic heterocycles. The van der Waals surface area contributed by atoms with Gasteiger partial charge < -0.3 is 0 Å². The molecule has 0 amide bonds. The van der Waals surface area contributed by atoms with E-state index in [4.69, 9.17) is 4.52 Å². The number of carbonyl (C=O) groups is 1. The van der Waals surface area contributed by atoms with Gasteiger partial charge in [-0.25, -0.2) is 0 Å². The normalized spacial score (nSPS) is 11.3. The van der Waals surface area contributed by atoms with Crippen LogP contribution in [-0.2, 0) is 9.09 Å². The number of benzene rings is 2. The van der Waals surface area contributed by atoms with Crippen LogP contribution in [0.4, 0.5) is 0 Å². The minimum absolute atomic E-state index is 0.110. The number of ketones is 1. The average molecular weight is 301 g/mol. The zero-order valence-electron chi connectivity index (χ0n) is 12.6. The Hall–Kier alpha value is -1.83. The highest BCUT2D eigenvalue weighted by molar-refractivity contribution is 7.48. The third-order valence-electron chi connectivity index (χ3n) is 3.42. The summed E-state index contributed by atoms with van der Waals surface area (Å²) < 4.78 is 16.9. The van der Waals surface area contributed by atoms with E-state index in [1.165, 1.54) is 7.11 Å². The third-order valence-corrected chi connectivity index (χ3v) is 4.53. The second-order valence-electron chi connectivity index (χ2n) is 5.06. The fourth-order valence-corrected chi connectivity index (χ4v) is 3.37. The Labute approximate surface area is 125 Å². The summed E-state index contributed by atoms with van der Waals surface area (Å²) in [6.45, 7) is 5.85. The highest BCUT2D eigenvalue weighted by Crippen LogP contribution is 2.25. The molecule has 0 radical (unpaired) electrons. The topological polar surface area (TPSA) is 43.4 Å². The Morgan fingerprint density at radius 1 is 1.05 bits per heavy atom. The van der Waals surface area contributed by atoms with Crippen LogP contribution in [0, 0.1) is 20.8 Å².